The van der Waals surface area contributed by atoms with Gasteiger partial charge in [-0.05, 0) is 55.5 Å². The third-order valence-corrected chi connectivity index (χ3v) is 7.44. The van der Waals surface area contributed by atoms with Crippen molar-refractivity contribution < 1.29 is 4.79 Å². The van der Waals surface area contributed by atoms with Crippen LogP contribution in [-0.4, -0.2) is 32.1 Å². The first-order valence-corrected chi connectivity index (χ1v) is 12.6. The lowest BCUT2D eigenvalue weighted by Gasteiger charge is -2.25. The molecule has 0 radical (unpaired) electrons. The Bertz CT molecular complexity index is 1040. The van der Waals surface area contributed by atoms with Gasteiger partial charge in [0, 0.05) is 21.5 Å². The fourth-order valence-corrected chi connectivity index (χ4v) is 5.29. The lowest BCUT2D eigenvalue weighted by molar-refractivity contribution is -0.118. The maximum atomic E-state index is 12.4. The van der Waals surface area contributed by atoms with Crippen molar-refractivity contribution >= 4 is 46.3 Å². The number of nitrogens with zero attached hydrogens (tertiary/aromatic N) is 4. The topological polar surface area (TPSA) is 72.2 Å². The highest BCUT2D eigenvalue weighted by Crippen LogP contribution is 2.35. The van der Waals surface area contributed by atoms with Gasteiger partial charge in [0.15, 0.2) is 11.0 Å². The van der Waals surface area contributed by atoms with E-state index in [0.29, 0.717) is 11.1 Å². The van der Waals surface area contributed by atoms with E-state index in [4.69, 9.17) is 11.6 Å². The number of thioether (sulfide) groups is 1. The molecule has 1 amide bonds. The molecule has 0 spiro atoms. The summed E-state index contributed by atoms with van der Waals surface area (Å²) in [6.07, 6.45) is 5.86. The number of hydrogen-bond acceptors (Lipinski definition) is 6. The van der Waals surface area contributed by atoms with Gasteiger partial charge in [-0.15, -0.1) is 21.5 Å². The SMILES string of the molecule is CC(=NNC(=O)CSc1nnc(-c2ccc(Cl)cc2)n1C1CCCCC1)c1cccs1. The van der Waals surface area contributed by atoms with E-state index in [1.54, 1.807) is 11.3 Å². The van der Waals surface area contributed by atoms with Crippen LogP contribution in [0.15, 0.2) is 52.0 Å². The van der Waals surface area contributed by atoms with E-state index >= 15 is 0 Å². The van der Waals surface area contributed by atoms with Crippen LogP contribution in [0.5, 0.6) is 0 Å². The molecule has 0 aliphatic heterocycles. The van der Waals surface area contributed by atoms with Crippen LogP contribution in [0.3, 0.4) is 0 Å². The number of carbonyl (C=O) groups excluding carboxylic acids is 1. The summed E-state index contributed by atoms with van der Waals surface area (Å²) in [6.45, 7) is 1.89. The van der Waals surface area contributed by atoms with Crippen LogP contribution in [0, 0.1) is 0 Å². The van der Waals surface area contributed by atoms with Crippen LogP contribution >= 0.6 is 34.7 Å². The van der Waals surface area contributed by atoms with Gasteiger partial charge in [-0.2, -0.15) is 5.10 Å². The molecule has 0 saturated heterocycles. The van der Waals surface area contributed by atoms with E-state index in [1.165, 1.54) is 31.0 Å². The van der Waals surface area contributed by atoms with Crippen molar-refractivity contribution in [3.05, 3.63) is 51.7 Å². The van der Waals surface area contributed by atoms with E-state index < -0.39 is 0 Å². The van der Waals surface area contributed by atoms with Crippen LogP contribution in [-0.2, 0) is 4.79 Å². The quantitative estimate of drug-likeness (QED) is 0.267. The molecule has 1 aromatic carbocycles. The number of halogens is 1. The molecule has 1 saturated carbocycles. The summed E-state index contributed by atoms with van der Waals surface area (Å²) >= 11 is 9.06. The minimum atomic E-state index is -0.160. The molecule has 0 unspecified atom stereocenters. The van der Waals surface area contributed by atoms with Crippen LogP contribution < -0.4 is 5.43 Å². The Hall–Kier alpha value is -2.16. The number of thiophene rings is 1. The summed E-state index contributed by atoms with van der Waals surface area (Å²) in [5.74, 6) is 0.900. The van der Waals surface area contributed by atoms with E-state index in [-0.39, 0.29) is 11.7 Å². The lowest BCUT2D eigenvalue weighted by atomic mass is 9.95. The van der Waals surface area contributed by atoms with Gasteiger partial charge in [0.05, 0.1) is 11.5 Å². The van der Waals surface area contributed by atoms with Crippen molar-refractivity contribution in [2.45, 2.75) is 50.2 Å². The number of benzene rings is 1. The Morgan fingerprint density at radius 3 is 2.71 bits per heavy atom. The number of rotatable bonds is 7. The first-order valence-electron chi connectivity index (χ1n) is 10.3. The molecule has 6 nitrogen and oxygen atoms in total. The van der Waals surface area contributed by atoms with Crippen molar-refractivity contribution in [2.75, 3.05) is 5.75 Å². The standard InChI is InChI=1S/C22H24ClN5OS2/c1-15(19-8-5-13-30-19)24-25-20(29)14-31-22-27-26-21(16-9-11-17(23)12-10-16)28(22)18-6-3-2-4-7-18/h5,8-13,18H,2-4,6-7,14H2,1H3,(H,25,29). The zero-order valence-corrected chi connectivity index (χ0v) is 19.6. The predicted octanol–water partition coefficient (Wildman–Crippen LogP) is 5.80. The molecule has 3 aromatic rings. The highest BCUT2D eigenvalue weighted by atomic mass is 35.5. The second-order valence-electron chi connectivity index (χ2n) is 7.47. The summed E-state index contributed by atoms with van der Waals surface area (Å²) in [6, 6.07) is 12.0. The van der Waals surface area contributed by atoms with E-state index in [0.717, 1.165) is 40.0 Å². The fraction of sp³-hybridized carbons (Fsp3) is 0.364. The van der Waals surface area contributed by atoms with Gasteiger partial charge in [-0.1, -0.05) is 48.7 Å². The Kier molecular flexibility index (Phi) is 7.42. The minimum Gasteiger partial charge on any atom is -0.299 e. The predicted molar refractivity (Wildman–Crippen MR) is 128 cm³/mol. The van der Waals surface area contributed by atoms with Gasteiger partial charge in [0.2, 0.25) is 0 Å². The largest absolute Gasteiger partial charge is 0.299 e. The smallest absolute Gasteiger partial charge is 0.250 e. The molecular formula is C22H24ClN5OS2. The molecular weight excluding hydrogens is 450 g/mol. The first kappa shape index (κ1) is 22.0. The molecule has 1 aliphatic carbocycles. The summed E-state index contributed by atoms with van der Waals surface area (Å²) < 4.78 is 2.21. The number of carbonyl (C=O) groups is 1. The minimum absolute atomic E-state index is 0.160. The molecule has 31 heavy (non-hydrogen) atoms. The van der Waals surface area contributed by atoms with Crippen molar-refractivity contribution in [3.8, 4) is 11.4 Å². The molecule has 4 rings (SSSR count). The molecule has 1 fully saturated rings. The van der Waals surface area contributed by atoms with Gasteiger partial charge >= 0.3 is 0 Å². The van der Waals surface area contributed by atoms with Crippen molar-refractivity contribution in [2.24, 2.45) is 5.10 Å². The monoisotopic (exact) mass is 473 g/mol. The van der Waals surface area contributed by atoms with Gasteiger partial charge in [0.1, 0.15) is 0 Å². The van der Waals surface area contributed by atoms with Gasteiger partial charge in [-0.25, -0.2) is 5.43 Å². The van der Waals surface area contributed by atoms with Gasteiger partial charge in [0.25, 0.3) is 5.91 Å². The van der Waals surface area contributed by atoms with E-state index in [9.17, 15) is 4.79 Å². The molecule has 0 atom stereocenters. The van der Waals surface area contributed by atoms with Crippen molar-refractivity contribution in [3.63, 3.8) is 0 Å². The summed E-state index contributed by atoms with van der Waals surface area (Å²) in [4.78, 5) is 13.4. The summed E-state index contributed by atoms with van der Waals surface area (Å²) in [7, 11) is 0. The van der Waals surface area contributed by atoms with Crippen LogP contribution in [0.4, 0.5) is 0 Å². The highest BCUT2D eigenvalue weighted by Gasteiger charge is 2.24. The normalized spacial score (nSPS) is 15.2. The van der Waals surface area contributed by atoms with Crippen molar-refractivity contribution in [1.82, 2.24) is 20.2 Å². The molecule has 1 aliphatic rings. The third kappa shape index (κ3) is 5.56. The first-order chi connectivity index (χ1) is 15.1. The zero-order chi connectivity index (χ0) is 21.6. The molecule has 9 heteroatoms. The Morgan fingerprint density at radius 2 is 2.00 bits per heavy atom. The van der Waals surface area contributed by atoms with E-state index in [2.05, 4.69) is 25.3 Å². The maximum absolute atomic E-state index is 12.4. The Morgan fingerprint density at radius 1 is 1.23 bits per heavy atom. The zero-order valence-electron chi connectivity index (χ0n) is 17.3. The molecule has 162 valence electrons. The Balaban J connectivity index is 1.49. The number of hydrogen-bond donors (Lipinski definition) is 1. The lowest BCUT2D eigenvalue weighted by Crippen LogP contribution is -2.22. The average Bonchev–Trinajstić information content (AvgIpc) is 3.47. The number of aromatic nitrogens is 3. The van der Waals surface area contributed by atoms with Crippen LogP contribution in [0.25, 0.3) is 11.4 Å². The van der Waals surface area contributed by atoms with Crippen LogP contribution in [0.1, 0.15) is 49.9 Å². The third-order valence-electron chi connectivity index (χ3n) is 5.27. The second-order valence-corrected chi connectivity index (χ2v) is 9.80. The number of amides is 1. The molecule has 2 heterocycles. The number of hydrazone groups is 1. The fourth-order valence-electron chi connectivity index (χ4n) is 3.69. The molecule has 0 bridgehead atoms. The van der Waals surface area contributed by atoms with Gasteiger partial charge < -0.3 is 0 Å². The number of nitrogens with one attached hydrogen (secondary N) is 1. The van der Waals surface area contributed by atoms with Crippen molar-refractivity contribution in [1.29, 1.82) is 0 Å². The highest BCUT2D eigenvalue weighted by molar-refractivity contribution is 7.99. The second kappa shape index (κ2) is 10.4. The Labute approximate surface area is 195 Å². The summed E-state index contributed by atoms with van der Waals surface area (Å²) in [5, 5.41) is 16.6. The molecule has 1 N–H and O–H groups in total. The summed E-state index contributed by atoms with van der Waals surface area (Å²) in [5.41, 5.74) is 4.42. The maximum Gasteiger partial charge on any atom is 0.250 e. The van der Waals surface area contributed by atoms with Gasteiger partial charge in [-0.3, -0.25) is 9.36 Å². The molecule has 2 aromatic heterocycles. The average molecular weight is 474 g/mol. The van der Waals surface area contributed by atoms with E-state index in [1.807, 2.05) is 48.7 Å². The van der Waals surface area contributed by atoms with Crippen LogP contribution in [0.2, 0.25) is 5.02 Å².